The molecule has 0 amide bonds. The molecule has 0 bridgehead atoms. The van der Waals surface area contributed by atoms with Crippen molar-refractivity contribution in [2.24, 2.45) is 0 Å². The van der Waals surface area contributed by atoms with Gasteiger partial charge in [-0.2, -0.15) is 0 Å². The van der Waals surface area contributed by atoms with Gasteiger partial charge in [-0.15, -0.1) is 0 Å². The third kappa shape index (κ3) is 5.24. The fraction of sp³-hybridized carbons (Fsp3) is 0.500. The summed E-state index contributed by atoms with van der Waals surface area (Å²) in [6, 6.07) is 0. The maximum absolute atomic E-state index is 11.1. The second-order valence-electron chi connectivity index (χ2n) is 5.11. The van der Waals surface area contributed by atoms with Gasteiger partial charge in [0.1, 0.15) is 11.3 Å². The number of aliphatic hydroxyl groups excluding tert-OH is 1. The number of pyridine rings is 1. The first-order chi connectivity index (χ1) is 10.5. The van der Waals surface area contributed by atoms with Crippen LogP contribution in [-0.4, -0.2) is 48.2 Å². The second-order valence-corrected chi connectivity index (χ2v) is 6.35. The van der Waals surface area contributed by atoms with Crippen LogP contribution in [0, 0.1) is 6.92 Å². The molecule has 11 heteroatoms. The van der Waals surface area contributed by atoms with E-state index < -0.39 is 32.5 Å². The average molecular weight is 350 g/mol. The number of carboxylic acid groups (broad SMARTS) is 1. The lowest BCUT2D eigenvalue weighted by Crippen LogP contribution is -2.52. The van der Waals surface area contributed by atoms with E-state index in [-0.39, 0.29) is 29.1 Å². The summed E-state index contributed by atoms with van der Waals surface area (Å²) in [6.07, 6.45) is 1.26. The first kappa shape index (κ1) is 19.5. The highest BCUT2D eigenvalue weighted by Crippen LogP contribution is 2.38. The van der Waals surface area contributed by atoms with Crippen LogP contribution in [0.2, 0.25) is 0 Å². The summed E-state index contributed by atoms with van der Waals surface area (Å²) in [4.78, 5) is 32.5. The van der Waals surface area contributed by atoms with Gasteiger partial charge in [-0.3, -0.25) is 19.6 Å². The molecule has 1 aromatic rings. The number of nitrogens with zero attached hydrogens (tertiary/aromatic N) is 1. The van der Waals surface area contributed by atoms with Gasteiger partial charge in [-0.1, -0.05) is 0 Å². The molecule has 10 nitrogen and oxygen atoms in total. The lowest BCUT2D eigenvalue weighted by Gasteiger charge is -2.25. The fourth-order valence-corrected chi connectivity index (χ4v) is 1.95. The summed E-state index contributed by atoms with van der Waals surface area (Å²) in [5.74, 6) is -1.55. The Morgan fingerprint density at radius 2 is 2.09 bits per heavy atom. The molecule has 0 spiro atoms. The number of carbonyl (C=O) groups is 1. The molecule has 0 unspecified atom stereocenters. The van der Waals surface area contributed by atoms with Gasteiger partial charge in [0.2, 0.25) is 0 Å². The van der Waals surface area contributed by atoms with Crippen molar-refractivity contribution in [1.29, 1.82) is 0 Å². The molecule has 0 aliphatic carbocycles. The summed E-state index contributed by atoms with van der Waals surface area (Å²) in [7, 11) is -4.71. The predicted octanol–water partition coefficient (Wildman–Crippen LogP) is -0.370. The quantitative estimate of drug-likeness (QED) is 0.340. The number of nitrogens with one attached hydrogen (secondary N) is 1. The Kier molecular flexibility index (Phi) is 6.23. The van der Waals surface area contributed by atoms with Crippen molar-refractivity contribution >= 4 is 13.8 Å². The number of aryl methyl sites for hydroxylation is 1. The van der Waals surface area contributed by atoms with Gasteiger partial charge >= 0.3 is 13.8 Å². The van der Waals surface area contributed by atoms with Gasteiger partial charge in [0.25, 0.3) is 0 Å². The maximum atomic E-state index is 11.1. The number of phosphoric acid groups is 1. The summed E-state index contributed by atoms with van der Waals surface area (Å²) in [5, 5.41) is 30.9. The minimum Gasteiger partial charge on any atom is -0.506 e. The van der Waals surface area contributed by atoms with Crippen molar-refractivity contribution in [3.8, 4) is 5.75 Å². The van der Waals surface area contributed by atoms with E-state index in [4.69, 9.17) is 14.9 Å². The molecule has 1 atom stereocenters. The smallest absolute Gasteiger partial charge is 0.469 e. The van der Waals surface area contributed by atoms with E-state index >= 15 is 0 Å². The number of aromatic nitrogens is 1. The Labute approximate surface area is 132 Å². The van der Waals surface area contributed by atoms with E-state index in [0.717, 1.165) is 0 Å². The minimum atomic E-state index is -4.71. The van der Waals surface area contributed by atoms with Crippen molar-refractivity contribution in [3.63, 3.8) is 0 Å². The van der Waals surface area contributed by atoms with Crippen LogP contribution in [-0.2, 0) is 27.0 Å². The summed E-state index contributed by atoms with van der Waals surface area (Å²) in [6.45, 7) is 1.37. The van der Waals surface area contributed by atoms with Crippen LogP contribution in [0.5, 0.6) is 5.75 Å². The molecule has 0 saturated heterocycles. The zero-order chi connectivity index (χ0) is 17.8. The molecule has 0 aliphatic rings. The van der Waals surface area contributed by atoms with Crippen LogP contribution < -0.4 is 5.32 Å². The number of hydrogen-bond acceptors (Lipinski definition) is 7. The number of hydrogen-bond donors (Lipinski definition) is 6. The topological polar surface area (TPSA) is 169 Å². The van der Waals surface area contributed by atoms with Crippen LogP contribution in [0.3, 0.4) is 0 Å². The molecule has 130 valence electrons. The van der Waals surface area contributed by atoms with Crippen LogP contribution in [0.1, 0.15) is 23.7 Å². The number of aliphatic hydroxyl groups is 1. The lowest BCUT2D eigenvalue weighted by molar-refractivity contribution is -0.145. The number of rotatable bonds is 8. The van der Waals surface area contributed by atoms with Crippen LogP contribution in [0.4, 0.5) is 0 Å². The Hall–Kier alpha value is -1.55. The number of aliphatic carboxylic acids is 1. The highest BCUT2D eigenvalue weighted by atomic mass is 31.2. The molecule has 0 aromatic carbocycles. The number of phosphoric ester groups is 1. The molecule has 0 saturated carbocycles. The molecular weight excluding hydrogens is 331 g/mol. The van der Waals surface area contributed by atoms with Crippen LogP contribution in [0.25, 0.3) is 0 Å². The Bertz CT molecular complexity index is 632. The van der Waals surface area contributed by atoms with Gasteiger partial charge in [0, 0.05) is 23.9 Å². The van der Waals surface area contributed by atoms with E-state index in [0.29, 0.717) is 0 Å². The van der Waals surface area contributed by atoms with E-state index in [1.165, 1.54) is 20.0 Å². The Balaban J connectivity index is 3.06. The van der Waals surface area contributed by atoms with E-state index in [9.17, 15) is 19.6 Å². The molecule has 1 rings (SSSR count). The SMILES string of the molecule is Cc1ncc(COP(=O)(O)O)c(CN[C@](C)(CO)C(=O)O)c1O. The molecule has 1 aromatic heterocycles. The van der Waals surface area contributed by atoms with Gasteiger partial charge < -0.3 is 25.1 Å². The zero-order valence-electron chi connectivity index (χ0n) is 12.6. The van der Waals surface area contributed by atoms with Crippen molar-refractivity contribution in [2.75, 3.05) is 6.61 Å². The summed E-state index contributed by atoms with van der Waals surface area (Å²) >= 11 is 0. The number of carboxylic acids is 1. The first-order valence-corrected chi connectivity index (χ1v) is 7.99. The summed E-state index contributed by atoms with van der Waals surface area (Å²) in [5.41, 5.74) is -1.05. The van der Waals surface area contributed by atoms with E-state index in [1.54, 1.807) is 0 Å². The van der Waals surface area contributed by atoms with Gasteiger partial charge in [0.15, 0.2) is 0 Å². The molecule has 0 radical (unpaired) electrons. The third-order valence-corrected chi connectivity index (χ3v) is 3.73. The van der Waals surface area contributed by atoms with Gasteiger partial charge in [-0.05, 0) is 13.8 Å². The van der Waals surface area contributed by atoms with Crippen LogP contribution in [0.15, 0.2) is 6.20 Å². The van der Waals surface area contributed by atoms with Gasteiger partial charge in [0.05, 0.1) is 18.9 Å². The Morgan fingerprint density at radius 1 is 1.48 bits per heavy atom. The van der Waals surface area contributed by atoms with E-state index in [2.05, 4.69) is 14.8 Å². The Morgan fingerprint density at radius 3 is 2.57 bits per heavy atom. The maximum Gasteiger partial charge on any atom is 0.469 e. The van der Waals surface area contributed by atoms with Crippen molar-refractivity contribution in [3.05, 3.63) is 23.0 Å². The highest BCUT2D eigenvalue weighted by molar-refractivity contribution is 7.46. The lowest BCUT2D eigenvalue weighted by atomic mass is 10.0. The fourth-order valence-electron chi connectivity index (χ4n) is 1.64. The second kappa shape index (κ2) is 7.35. The summed E-state index contributed by atoms with van der Waals surface area (Å²) < 4.78 is 15.2. The first-order valence-electron chi connectivity index (χ1n) is 6.46. The van der Waals surface area contributed by atoms with Crippen molar-refractivity contribution < 1.29 is 39.0 Å². The van der Waals surface area contributed by atoms with E-state index in [1.807, 2.05) is 0 Å². The molecule has 1 heterocycles. The molecule has 23 heavy (non-hydrogen) atoms. The molecule has 6 N–H and O–H groups in total. The molecule has 0 aliphatic heterocycles. The van der Waals surface area contributed by atoms with Crippen molar-refractivity contribution in [1.82, 2.24) is 10.3 Å². The zero-order valence-corrected chi connectivity index (χ0v) is 13.4. The molecule has 0 fully saturated rings. The minimum absolute atomic E-state index is 0.173. The third-order valence-electron chi connectivity index (χ3n) is 3.26. The highest BCUT2D eigenvalue weighted by Gasteiger charge is 2.32. The average Bonchev–Trinajstić information content (AvgIpc) is 2.46. The predicted molar refractivity (Wildman–Crippen MR) is 77.4 cm³/mol. The largest absolute Gasteiger partial charge is 0.506 e. The monoisotopic (exact) mass is 350 g/mol. The normalized spacial score (nSPS) is 14.5. The van der Waals surface area contributed by atoms with Gasteiger partial charge in [-0.25, -0.2) is 4.57 Å². The number of aromatic hydroxyl groups is 1. The van der Waals surface area contributed by atoms with Crippen LogP contribution >= 0.6 is 7.82 Å². The molecular formula is C12H19N2O8P. The standard InChI is InChI=1S/C12H19N2O8P/c1-7-10(16)9(4-14-12(2,6-15)11(17)18)8(3-13-7)5-22-23(19,20)21/h3,14-16H,4-6H2,1-2H3,(H,17,18)(H2,19,20,21)/t12-/m1/s1. The van der Waals surface area contributed by atoms with Crippen molar-refractivity contribution in [2.45, 2.75) is 32.5 Å².